The van der Waals surface area contributed by atoms with Crippen molar-refractivity contribution < 1.29 is 14.3 Å². The van der Waals surface area contributed by atoms with Gasteiger partial charge in [-0.15, -0.1) is 0 Å². The van der Waals surface area contributed by atoms with Gasteiger partial charge in [0.15, 0.2) is 0 Å². The van der Waals surface area contributed by atoms with Crippen molar-refractivity contribution in [2.45, 2.75) is 25.9 Å². The number of rotatable bonds is 5. The number of amides is 1. The molecule has 0 aliphatic carbocycles. The highest BCUT2D eigenvalue weighted by atomic mass is 19.1. The number of aromatic nitrogens is 1. The van der Waals surface area contributed by atoms with Crippen molar-refractivity contribution in [3.8, 4) is 0 Å². The minimum absolute atomic E-state index is 0.152. The summed E-state index contributed by atoms with van der Waals surface area (Å²) in [5, 5.41) is 12.4. The van der Waals surface area contributed by atoms with Crippen LogP contribution in [0.15, 0.2) is 30.3 Å². The monoisotopic (exact) mass is 276 g/mol. The number of nitrogens with one attached hydrogen (secondary N) is 1. The van der Waals surface area contributed by atoms with E-state index in [1.165, 1.54) is 6.07 Å². The second-order valence-electron chi connectivity index (χ2n) is 4.77. The highest BCUT2D eigenvalue weighted by Crippen LogP contribution is 2.16. The topological polar surface area (TPSA) is 62.2 Å². The predicted molar refractivity (Wildman–Crippen MR) is 74.7 cm³/mol. The second-order valence-corrected chi connectivity index (χ2v) is 4.77. The summed E-state index contributed by atoms with van der Waals surface area (Å²) in [6.07, 6.45) is 0.141. The molecule has 2 aromatic rings. The minimum Gasteiger partial charge on any atom is -0.392 e. The molecule has 0 aliphatic heterocycles. The van der Waals surface area contributed by atoms with Gasteiger partial charge in [-0.05, 0) is 25.5 Å². The summed E-state index contributed by atoms with van der Waals surface area (Å²) in [6.45, 7) is 1.84. The minimum atomic E-state index is -0.563. The lowest BCUT2D eigenvalue weighted by Crippen LogP contribution is -2.30. The number of carbonyl (C=O) groups is 1. The van der Waals surface area contributed by atoms with Gasteiger partial charge in [-0.3, -0.25) is 4.79 Å². The first-order valence-corrected chi connectivity index (χ1v) is 6.55. The number of aliphatic hydroxyl groups excluding tert-OH is 1. The molecule has 1 amide bonds. The van der Waals surface area contributed by atoms with E-state index in [9.17, 15) is 9.18 Å². The van der Waals surface area contributed by atoms with E-state index in [0.717, 1.165) is 5.39 Å². The Bertz CT molecular complexity index is 614. The van der Waals surface area contributed by atoms with E-state index in [4.69, 9.17) is 5.11 Å². The quantitative estimate of drug-likeness (QED) is 0.875. The third-order valence-electron chi connectivity index (χ3n) is 2.93. The third-order valence-corrected chi connectivity index (χ3v) is 2.93. The van der Waals surface area contributed by atoms with Crippen LogP contribution in [0, 0.1) is 5.82 Å². The van der Waals surface area contributed by atoms with Gasteiger partial charge in [0.05, 0.1) is 6.10 Å². The maximum absolute atomic E-state index is 13.6. The molecule has 106 valence electrons. The van der Waals surface area contributed by atoms with Gasteiger partial charge in [-0.25, -0.2) is 9.37 Å². The van der Waals surface area contributed by atoms with Crippen LogP contribution in [0.3, 0.4) is 0 Å². The number of fused-ring (bicyclic) bond motifs is 1. The highest BCUT2D eigenvalue weighted by molar-refractivity contribution is 5.79. The van der Waals surface area contributed by atoms with Crippen LogP contribution in [0.1, 0.15) is 19.0 Å². The number of benzene rings is 1. The fraction of sp³-hybridized carbons (Fsp3) is 0.333. The molecule has 1 heterocycles. The van der Waals surface area contributed by atoms with E-state index in [1.807, 2.05) is 0 Å². The number of hydrogen-bond acceptors (Lipinski definition) is 3. The second kappa shape index (κ2) is 6.43. The van der Waals surface area contributed by atoms with Gasteiger partial charge in [-0.1, -0.05) is 18.2 Å². The number of aliphatic hydroxyl groups is 1. The van der Waals surface area contributed by atoms with Gasteiger partial charge < -0.3 is 10.4 Å². The van der Waals surface area contributed by atoms with Gasteiger partial charge >= 0.3 is 0 Å². The van der Waals surface area contributed by atoms with Gasteiger partial charge in [0.25, 0.3) is 0 Å². The Labute approximate surface area is 116 Å². The number of halogens is 1. The zero-order chi connectivity index (χ0) is 14.5. The zero-order valence-corrected chi connectivity index (χ0v) is 11.3. The Balaban J connectivity index is 2.00. The van der Waals surface area contributed by atoms with E-state index in [2.05, 4.69) is 10.3 Å². The molecule has 2 N–H and O–H groups in total. The zero-order valence-electron chi connectivity index (χ0n) is 11.3. The van der Waals surface area contributed by atoms with E-state index in [0.29, 0.717) is 17.6 Å². The first-order valence-electron chi connectivity index (χ1n) is 6.55. The molecule has 0 saturated carbocycles. The maximum Gasteiger partial charge on any atom is 0.220 e. The van der Waals surface area contributed by atoms with Crippen molar-refractivity contribution in [1.29, 1.82) is 0 Å². The van der Waals surface area contributed by atoms with Gasteiger partial charge in [0, 0.05) is 24.0 Å². The smallest absolute Gasteiger partial charge is 0.220 e. The van der Waals surface area contributed by atoms with Crippen molar-refractivity contribution in [3.05, 3.63) is 41.8 Å². The first kappa shape index (κ1) is 14.4. The van der Waals surface area contributed by atoms with Gasteiger partial charge in [-0.2, -0.15) is 0 Å². The number of para-hydroxylation sites is 1. The summed E-state index contributed by atoms with van der Waals surface area (Å²) in [5.74, 6) is -0.510. The molecule has 5 heteroatoms. The SMILES string of the molecule is CC(O)CNC(=O)CCc1ccc2cccc(F)c2n1. The summed E-state index contributed by atoms with van der Waals surface area (Å²) in [6, 6.07) is 8.40. The highest BCUT2D eigenvalue weighted by Gasteiger charge is 2.07. The lowest BCUT2D eigenvalue weighted by Gasteiger charge is -2.07. The molecule has 0 bridgehead atoms. The van der Waals surface area contributed by atoms with Crippen LogP contribution < -0.4 is 5.32 Å². The molecule has 0 fully saturated rings. The molecule has 0 radical (unpaired) electrons. The number of pyridine rings is 1. The standard InChI is InChI=1S/C15H17FN2O2/c1-10(19)9-17-14(20)8-7-12-6-5-11-3-2-4-13(16)15(11)18-12/h2-6,10,19H,7-9H2,1H3,(H,17,20). The van der Waals surface area contributed by atoms with Crippen LogP contribution in [0.2, 0.25) is 0 Å². The largest absolute Gasteiger partial charge is 0.392 e. The molecule has 1 aromatic heterocycles. The predicted octanol–water partition coefficient (Wildman–Crippen LogP) is 1.80. The van der Waals surface area contributed by atoms with Crippen molar-refractivity contribution in [1.82, 2.24) is 10.3 Å². The molecule has 2 rings (SSSR count). The van der Waals surface area contributed by atoms with Gasteiger partial charge in [0.1, 0.15) is 11.3 Å². The summed E-state index contributed by atoms with van der Waals surface area (Å²) >= 11 is 0. The fourth-order valence-electron chi connectivity index (χ4n) is 1.88. The van der Waals surface area contributed by atoms with Crippen LogP contribution in [-0.2, 0) is 11.2 Å². The molecule has 0 saturated heterocycles. The number of aryl methyl sites for hydroxylation is 1. The molecule has 20 heavy (non-hydrogen) atoms. The summed E-state index contributed by atoms with van der Waals surface area (Å²) in [4.78, 5) is 15.8. The van der Waals surface area contributed by atoms with Gasteiger partial charge in [0.2, 0.25) is 5.91 Å². The summed E-state index contributed by atoms with van der Waals surface area (Å²) in [5.41, 5.74) is 1.00. The normalized spacial score (nSPS) is 12.3. The van der Waals surface area contributed by atoms with Crippen LogP contribution in [0.4, 0.5) is 4.39 Å². The fourth-order valence-corrected chi connectivity index (χ4v) is 1.88. The maximum atomic E-state index is 13.6. The Hall–Kier alpha value is -2.01. The Morgan fingerprint density at radius 2 is 2.20 bits per heavy atom. The van der Waals surface area contributed by atoms with E-state index < -0.39 is 6.10 Å². The molecule has 4 nitrogen and oxygen atoms in total. The summed E-state index contributed by atoms with van der Waals surface area (Å²) < 4.78 is 13.6. The van der Waals surface area contributed by atoms with Crippen LogP contribution in [0.25, 0.3) is 10.9 Å². The van der Waals surface area contributed by atoms with Crippen LogP contribution >= 0.6 is 0 Å². The van der Waals surface area contributed by atoms with Crippen LogP contribution in [0.5, 0.6) is 0 Å². The molecule has 1 atom stereocenters. The van der Waals surface area contributed by atoms with Crippen molar-refractivity contribution in [2.24, 2.45) is 0 Å². The van der Waals surface area contributed by atoms with Crippen molar-refractivity contribution in [3.63, 3.8) is 0 Å². The average Bonchev–Trinajstić information content (AvgIpc) is 2.43. The van der Waals surface area contributed by atoms with Crippen molar-refractivity contribution in [2.75, 3.05) is 6.54 Å². The van der Waals surface area contributed by atoms with Crippen LogP contribution in [-0.4, -0.2) is 28.6 Å². The molecule has 0 aliphatic rings. The Kier molecular flexibility index (Phi) is 4.63. The molecular formula is C15H17FN2O2. The lowest BCUT2D eigenvalue weighted by atomic mass is 10.1. The average molecular weight is 276 g/mol. The number of carbonyl (C=O) groups excluding carboxylic acids is 1. The Morgan fingerprint density at radius 1 is 1.40 bits per heavy atom. The van der Waals surface area contributed by atoms with E-state index in [-0.39, 0.29) is 24.7 Å². The van der Waals surface area contributed by atoms with Crippen molar-refractivity contribution >= 4 is 16.8 Å². The third kappa shape index (κ3) is 3.74. The van der Waals surface area contributed by atoms with E-state index in [1.54, 1.807) is 31.2 Å². The lowest BCUT2D eigenvalue weighted by molar-refractivity contribution is -0.121. The molecule has 1 unspecified atom stereocenters. The number of nitrogens with zero attached hydrogens (tertiary/aromatic N) is 1. The molecular weight excluding hydrogens is 259 g/mol. The number of hydrogen-bond donors (Lipinski definition) is 2. The first-order chi connectivity index (χ1) is 9.56. The molecule has 0 spiro atoms. The Morgan fingerprint density at radius 3 is 2.95 bits per heavy atom. The molecule has 1 aromatic carbocycles. The van der Waals surface area contributed by atoms with E-state index >= 15 is 0 Å². The summed E-state index contributed by atoms with van der Waals surface area (Å²) in [7, 11) is 0.